The van der Waals surface area contributed by atoms with Crippen molar-refractivity contribution in [1.29, 1.82) is 5.26 Å². The highest BCUT2D eigenvalue weighted by Gasteiger charge is 2.22. The molecule has 0 aliphatic heterocycles. The molecule has 3 aromatic rings. The van der Waals surface area contributed by atoms with Crippen LogP contribution < -0.4 is 0 Å². The minimum absolute atomic E-state index is 0.268. The molecule has 126 valence electrons. The lowest BCUT2D eigenvalue weighted by Gasteiger charge is -2.11. The van der Waals surface area contributed by atoms with Crippen LogP contribution in [0.1, 0.15) is 28.1 Å². The number of hydrogen-bond donors (Lipinski definition) is 1. The van der Waals surface area contributed by atoms with Gasteiger partial charge in [0.15, 0.2) is 0 Å². The minimum atomic E-state index is -3.61. The SMILES string of the molecule is Cc1[nH]c(C)c(Cc2ccccc2S(=O)(=O)c2ccccc2)c1C#N. The van der Waals surface area contributed by atoms with Crippen molar-refractivity contribution in [3.05, 3.63) is 82.7 Å². The highest BCUT2D eigenvalue weighted by atomic mass is 32.2. The third kappa shape index (κ3) is 3.09. The van der Waals surface area contributed by atoms with Gasteiger partial charge in [-0.2, -0.15) is 5.26 Å². The van der Waals surface area contributed by atoms with Crippen molar-refractivity contribution in [1.82, 2.24) is 4.98 Å². The number of nitrogens with one attached hydrogen (secondary N) is 1. The van der Waals surface area contributed by atoms with Crippen molar-refractivity contribution in [3.8, 4) is 6.07 Å². The number of hydrogen-bond acceptors (Lipinski definition) is 3. The molecule has 1 heterocycles. The molecule has 2 aromatic carbocycles. The average molecular weight is 350 g/mol. The van der Waals surface area contributed by atoms with Gasteiger partial charge in [-0.3, -0.25) is 0 Å². The van der Waals surface area contributed by atoms with Crippen LogP contribution >= 0.6 is 0 Å². The molecular weight excluding hydrogens is 332 g/mol. The van der Waals surface area contributed by atoms with Gasteiger partial charge in [-0.1, -0.05) is 36.4 Å². The predicted molar refractivity (Wildman–Crippen MR) is 96.1 cm³/mol. The number of aryl methyl sites for hydroxylation is 2. The topological polar surface area (TPSA) is 73.7 Å². The first-order chi connectivity index (χ1) is 11.9. The van der Waals surface area contributed by atoms with E-state index in [0.29, 0.717) is 17.5 Å². The molecule has 0 aliphatic carbocycles. The normalized spacial score (nSPS) is 11.2. The molecule has 25 heavy (non-hydrogen) atoms. The number of aromatic nitrogens is 1. The molecule has 4 nitrogen and oxygen atoms in total. The maximum Gasteiger partial charge on any atom is 0.206 e. The van der Waals surface area contributed by atoms with E-state index in [-0.39, 0.29) is 9.79 Å². The highest BCUT2D eigenvalue weighted by molar-refractivity contribution is 7.91. The number of sulfone groups is 1. The smallest absolute Gasteiger partial charge is 0.206 e. The molecule has 0 unspecified atom stereocenters. The average Bonchev–Trinajstić information content (AvgIpc) is 2.89. The fourth-order valence-electron chi connectivity index (χ4n) is 3.03. The van der Waals surface area contributed by atoms with Gasteiger partial charge < -0.3 is 4.98 Å². The zero-order valence-electron chi connectivity index (χ0n) is 14.1. The first kappa shape index (κ1) is 17.0. The van der Waals surface area contributed by atoms with E-state index in [0.717, 1.165) is 17.0 Å². The molecule has 0 fully saturated rings. The van der Waals surface area contributed by atoms with Crippen LogP contribution in [-0.4, -0.2) is 13.4 Å². The summed E-state index contributed by atoms with van der Waals surface area (Å²) in [4.78, 5) is 3.71. The Bertz CT molecular complexity index is 1060. The molecule has 0 spiro atoms. The van der Waals surface area contributed by atoms with Crippen molar-refractivity contribution in [2.45, 2.75) is 30.1 Å². The highest BCUT2D eigenvalue weighted by Crippen LogP contribution is 2.28. The standard InChI is InChI=1S/C20H18N2O2S/c1-14-18(19(13-21)15(2)22-14)12-16-8-6-7-11-20(16)25(23,24)17-9-4-3-5-10-17/h3-11,22H,12H2,1-2H3. The van der Waals surface area contributed by atoms with Gasteiger partial charge in [-0.25, -0.2) is 8.42 Å². The summed E-state index contributed by atoms with van der Waals surface area (Å²) >= 11 is 0. The molecule has 5 heteroatoms. The van der Waals surface area contributed by atoms with Crippen molar-refractivity contribution in [2.75, 3.05) is 0 Å². The van der Waals surface area contributed by atoms with Gasteiger partial charge in [0.1, 0.15) is 6.07 Å². The summed E-state index contributed by atoms with van der Waals surface area (Å²) in [5, 5.41) is 9.41. The molecule has 0 bridgehead atoms. The Morgan fingerprint density at radius 1 is 0.960 bits per heavy atom. The Balaban J connectivity index is 2.12. The monoisotopic (exact) mass is 350 g/mol. The third-order valence-electron chi connectivity index (χ3n) is 4.30. The lowest BCUT2D eigenvalue weighted by molar-refractivity contribution is 0.595. The third-order valence-corrected chi connectivity index (χ3v) is 6.17. The van der Waals surface area contributed by atoms with Gasteiger partial charge in [0.2, 0.25) is 9.84 Å². The van der Waals surface area contributed by atoms with Gasteiger partial charge in [0.25, 0.3) is 0 Å². The van der Waals surface area contributed by atoms with E-state index in [1.54, 1.807) is 48.5 Å². The molecule has 0 aliphatic rings. The second-order valence-corrected chi connectivity index (χ2v) is 7.86. The van der Waals surface area contributed by atoms with Crippen LogP contribution in [0.3, 0.4) is 0 Å². The molecule has 1 aromatic heterocycles. The zero-order chi connectivity index (χ0) is 18.0. The molecule has 0 atom stereocenters. The van der Waals surface area contributed by atoms with Crippen LogP contribution in [0.4, 0.5) is 0 Å². The van der Waals surface area contributed by atoms with Gasteiger partial charge >= 0.3 is 0 Å². The van der Waals surface area contributed by atoms with Crippen molar-refractivity contribution < 1.29 is 8.42 Å². The zero-order valence-corrected chi connectivity index (χ0v) is 14.9. The number of H-pyrrole nitrogens is 1. The number of nitriles is 1. The quantitative estimate of drug-likeness (QED) is 0.775. The van der Waals surface area contributed by atoms with Crippen LogP contribution in [0.5, 0.6) is 0 Å². The van der Waals surface area contributed by atoms with E-state index >= 15 is 0 Å². The van der Waals surface area contributed by atoms with Gasteiger partial charge in [0.05, 0.1) is 15.4 Å². The first-order valence-electron chi connectivity index (χ1n) is 7.91. The van der Waals surface area contributed by atoms with E-state index in [2.05, 4.69) is 11.1 Å². The van der Waals surface area contributed by atoms with Gasteiger partial charge in [-0.05, 0) is 43.2 Å². The Kier molecular flexibility index (Phi) is 4.47. The van der Waals surface area contributed by atoms with Crippen LogP contribution in [0, 0.1) is 25.2 Å². The van der Waals surface area contributed by atoms with E-state index in [9.17, 15) is 13.7 Å². The Morgan fingerprint density at radius 2 is 1.60 bits per heavy atom. The summed E-state index contributed by atoms with van der Waals surface area (Å²) in [5.41, 5.74) is 3.81. The summed E-state index contributed by atoms with van der Waals surface area (Å²) in [7, 11) is -3.61. The summed E-state index contributed by atoms with van der Waals surface area (Å²) in [6.45, 7) is 3.75. The van der Waals surface area contributed by atoms with Gasteiger partial charge in [0, 0.05) is 17.8 Å². The number of rotatable bonds is 4. The lowest BCUT2D eigenvalue weighted by Crippen LogP contribution is -2.06. The van der Waals surface area contributed by atoms with Crippen LogP contribution in [-0.2, 0) is 16.3 Å². The minimum Gasteiger partial charge on any atom is -0.361 e. The van der Waals surface area contributed by atoms with E-state index in [4.69, 9.17) is 0 Å². The summed E-state index contributed by atoms with van der Waals surface area (Å²) in [6.07, 6.45) is 0.390. The van der Waals surface area contributed by atoms with Crippen LogP contribution in [0.25, 0.3) is 0 Å². The largest absolute Gasteiger partial charge is 0.361 e. The second-order valence-electron chi connectivity index (χ2n) is 5.94. The van der Waals surface area contributed by atoms with E-state index < -0.39 is 9.84 Å². The van der Waals surface area contributed by atoms with E-state index in [1.807, 2.05) is 19.9 Å². The van der Waals surface area contributed by atoms with Crippen molar-refractivity contribution in [3.63, 3.8) is 0 Å². The Morgan fingerprint density at radius 3 is 2.28 bits per heavy atom. The van der Waals surface area contributed by atoms with Gasteiger partial charge in [-0.15, -0.1) is 0 Å². The number of benzene rings is 2. The molecule has 0 radical (unpaired) electrons. The second kappa shape index (κ2) is 6.58. The Hall–Kier alpha value is -2.84. The lowest BCUT2D eigenvalue weighted by atomic mass is 10.0. The number of aromatic amines is 1. The molecule has 1 N–H and O–H groups in total. The summed E-state index contributed by atoms with van der Waals surface area (Å²) in [5.74, 6) is 0. The molecular formula is C20H18N2O2S. The van der Waals surface area contributed by atoms with Crippen molar-refractivity contribution >= 4 is 9.84 Å². The van der Waals surface area contributed by atoms with Crippen LogP contribution in [0.15, 0.2) is 64.4 Å². The van der Waals surface area contributed by atoms with Crippen molar-refractivity contribution in [2.24, 2.45) is 0 Å². The number of nitrogens with zero attached hydrogens (tertiary/aromatic N) is 1. The summed E-state index contributed by atoms with van der Waals surface area (Å²) in [6, 6.07) is 17.6. The maximum absolute atomic E-state index is 13.0. The Labute approximate surface area is 147 Å². The molecule has 0 amide bonds. The molecule has 0 saturated heterocycles. The fraction of sp³-hybridized carbons (Fsp3) is 0.150. The maximum atomic E-state index is 13.0. The van der Waals surface area contributed by atoms with E-state index in [1.165, 1.54) is 0 Å². The molecule has 3 rings (SSSR count). The fourth-order valence-corrected chi connectivity index (χ4v) is 4.55. The predicted octanol–water partition coefficient (Wildman–Crippen LogP) is 3.93. The summed E-state index contributed by atoms with van der Waals surface area (Å²) < 4.78 is 26.0. The first-order valence-corrected chi connectivity index (χ1v) is 9.39. The van der Waals surface area contributed by atoms with Crippen LogP contribution in [0.2, 0.25) is 0 Å². The molecule has 0 saturated carbocycles.